The molecule has 0 radical (unpaired) electrons. The van der Waals surface area contributed by atoms with Crippen LogP contribution in [-0.4, -0.2) is 38.3 Å². The van der Waals surface area contributed by atoms with Crippen molar-refractivity contribution in [3.05, 3.63) is 64.7 Å². The van der Waals surface area contributed by atoms with E-state index in [1.807, 2.05) is 24.3 Å². The van der Waals surface area contributed by atoms with Crippen LogP contribution in [0.1, 0.15) is 40.0 Å². The highest BCUT2D eigenvalue weighted by Gasteiger charge is 2.34. The number of halogens is 1. The molecule has 1 heterocycles. The molecule has 1 saturated heterocycles. The molecule has 1 aliphatic heterocycles. The third kappa shape index (κ3) is 4.38. The Morgan fingerprint density at radius 2 is 1.89 bits per heavy atom. The molecule has 3 rings (SSSR count). The van der Waals surface area contributed by atoms with Gasteiger partial charge in [0.15, 0.2) is 0 Å². The van der Waals surface area contributed by atoms with E-state index in [1.165, 1.54) is 22.0 Å². The second kappa shape index (κ2) is 9.05. The van der Waals surface area contributed by atoms with Gasteiger partial charge in [-0.2, -0.15) is 4.31 Å². The fraction of sp³-hybridized carbons (Fsp3) is 0.350. The number of primary amides is 1. The predicted molar refractivity (Wildman–Crippen MR) is 112 cm³/mol. The van der Waals surface area contributed by atoms with Gasteiger partial charge in [-0.25, -0.2) is 8.42 Å². The Hall–Kier alpha value is -1.93. The third-order valence-electron chi connectivity index (χ3n) is 5.05. The number of hydrogen-bond acceptors (Lipinski definition) is 4. The van der Waals surface area contributed by atoms with E-state index in [9.17, 15) is 13.2 Å². The average molecular weight is 424 g/mol. The lowest BCUT2D eigenvalue weighted by atomic mass is 10.0. The first-order valence-corrected chi connectivity index (χ1v) is 10.5. The number of nitrogens with one attached hydrogen (secondary N) is 1. The van der Waals surface area contributed by atoms with E-state index in [-0.39, 0.29) is 28.9 Å². The number of carbonyl (C=O) groups is 1. The number of carbonyl (C=O) groups excluding carboxylic acids is 1. The van der Waals surface area contributed by atoms with Crippen molar-refractivity contribution in [3.63, 3.8) is 0 Å². The highest BCUT2D eigenvalue weighted by Crippen LogP contribution is 2.30. The molecule has 2 aromatic rings. The first-order valence-electron chi connectivity index (χ1n) is 9.06. The minimum atomic E-state index is -3.76. The van der Waals surface area contributed by atoms with Crippen molar-refractivity contribution in [2.75, 3.05) is 19.6 Å². The van der Waals surface area contributed by atoms with E-state index >= 15 is 0 Å². The summed E-state index contributed by atoms with van der Waals surface area (Å²) in [5.41, 5.74) is 8.44. The lowest BCUT2D eigenvalue weighted by Crippen LogP contribution is -2.48. The van der Waals surface area contributed by atoms with Crippen LogP contribution in [0.25, 0.3) is 0 Å². The molecule has 0 bridgehead atoms. The molecule has 6 nitrogen and oxygen atoms in total. The summed E-state index contributed by atoms with van der Waals surface area (Å²) in [6.07, 6.45) is 0.935. The Morgan fingerprint density at radius 1 is 1.21 bits per heavy atom. The van der Waals surface area contributed by atoms with E-state index in [0.717, 1.165) is 12.0 Å². The molecule has 3 N–H and O–H groups in total. The summed E-state index contributed by atoms with van der Waals surface area (Å²) in [5.74, 6) is -0.628. The van der Waals surface area contributed by atoms with Crippen LogP contribution in [0.15, 0.2) is 47.4 Å². The summed E-state index contributed by atoms with van der Waals surface area (Å²) >= 11 is 0. The lowest BCUT2D eigenvalue weighted by Gasteiger charge is -2.35. The van der Waals surface area contributed by atoms with Gasteiger partial charge in [0.05, 0.1) is 10.9 Å². The van der Waals surface area contributed by atoms with Gasteiger partial charge >= 0.3 is 0 Å². The topological polar surface area (TPSA) is 92.5 Å². The molecular weight excluding hydrogens is 398 g/mol. The number of amides is 1. The molecule has 8 heteroatoms. The van der Waals surface area contributed by atoms with Crippen molar-refractivity contribution < 1.29 is 13.2 Å². The van der Waals surface area contributed by atoms with Crippen LogP contribution in [0.5, 0.6) is 0 Å². The summed E-state index contributed by atoms with van der Waals surface area (Å²) in [6, 6.07) is 12.3. The maximum absolute atomic E-state index is 13.3. The Labute approximate surface area is 172 Å². The first kappa shape index (κ1) is 22.4. The third-order valence-corrected chi connectivity index (χ3v) is 6.95. The van der Waals surface area contributed by atoms with E-state index < -0.39 is 15.9 Å². The predicted octanol–water partition coefficient (Wildman–Crippen LogP) is 2.41. The van der Waals surface area contributed by atoms with Gasteiger partial charge in [-0.3, -0.25) is 4.79 Å². The van der Waals surface area contributed by atoms with Crippen molar-refractivity contribution in [3.8, 4) is 0 Å². The molecular formula is C20H26ClN3O3S. The zero-order valence-electron chi connectivity index (χ0n) is 16.0. The molecule has 2 aromatic carbocycles. The fourth-order valence-corrected chi connectivity index (χ4v) is 5.04. The maximum Gasteiger partial charge on any atom is 0.249 e. The summed E-state index contributed by atoms with van der Waals surface area (Å²) < 4.78 is 28.2. The van der Waals surface area contributed by atoms with Crippen LogP contribution in [0.3, 0.4) is 0 Å². The second-order valence-electron chi connectivity index (χ2n) is 6.77. The summed E-state index contributed by atoms with van der Waals surface area (Å²) in [7, 11) is -3.76. The minimum Gasteiger partial charge on any atom is -0.366 e. The Bertz CT molecular complexity index is 946. The van der Waals surface area contributed by atoms with Crippen LogP contribution in [0.4, 0.5) is 0 Å². The highest BCUT2D eigenvalue weighted by atomic mass is 35.5. The highest BCUT2D eigenvalue weighted by molar-refractivity contribution is 7.89. The Balaban J connectivity index is 0.00000280. The molecule has 0 aliphatic carbocycles. The van der Waals surface area contributed by atoms with Gasteiger partial charge in [0.1, 0.15) is 0 Å². The van der Waals surface area contributed by atoms with Gasteiger partial charge in [0, 0.05) is 25.2 Å². The lowest BCUT2D eigenvalue weighted by molar-refractivity contribution is 0.0999. The molecule has 1 unspecified atom stereocenters. The number of rotatable bonds is 5. The number of benzene rings is 2. The molecule has 152 valence electrons. The minimum absolute atomic E-state index is 0. The number of hydrogen-bond donors (Lipinski definition) is 2. The average Bonchev–Trinajstić information content (AvgIpc) is 2.68. The first-order chi connectivity index (χ1) is 12.8. The van der Waals surface area contributed by atoms with Crippen molar-refractivity contribution >= 4 is 28.3 Å². The number of piperazine rings is 1. The van der Waals surface area contributed by atoms with Gasteiger partial charge in [-0.05, 0) is 42.2 Å². The molecule has 1 fully saturated rings. The monoisotopic (exact) mass is 423 g/mol. The molecule has 1 aliphatic rings. The van der Waals surface area contributed by atoms with Crippen molar-refractivity contribution in [2.45, 2.75) is 31.2 Å². The van der Waals surface area contributed by atoms with Gasteiger partial charge in [0.2, 0.25) is 15.9 Å². The molecule has 0 aromatic heterocycles. The van der Waals surface area contributed by atoms with E-state index in [4.69, 9.17) is 5.73 Å². The molecule has 1 atom stereocenters. The summed E-state index contributed by atoms with van der Waals surface area (Å²) in [4.78, 5) is 11.7. The van der Waals surface area contributed by atoms with Gasteiger partial charge in [0.25, 0.3) is 0 Å². The molecule has 0 spiro atoms. The quantitative estimate of drug-likeness (QED) is 0.772. The number of aryl methyl sites for hydroxylation is 2. The van der Waals surface area contributed by atoms with Gasteiger partial charge in [-0.15, -0.1) is 12.4 Å². The van der Waals surface area contributed by atoms with Crippen LogP contribution in [-0.2, 0) is 16.4 Å². The van der Waals surface area contributed by atoms with Crippen molar-refractivity contribution in [1.29, 1.82) is 0 Å². The number of nitrogens with zero attached hydrogens (tertiary/aromatic N) is 1. The van der Waals surface area contributed by atoms with Gasteiger partial charge in [-0.1, -0.05) is 37.3 Å². The van der Waals surface area contributed by atoms with Crippen LogP contribution in [0.2, 0.25) is 0 Å². The largest absolute Gasteiger partial charge is 0.366 e. The summed E-state index contributed by atoms with van der Waals surface area (Å²) in [6.45, 7) is 5.31. The fourth-order valence-electron chi connectivity index (χ4n) is 3.40. The van der Waals surface area contributed by atoms with Crippen LogP contribution >= 0.6 is 12.4 Å². The van der Waals surface area contributed by atoms with Crippen LogP contribution in [0, 0.1) is 6.92 Å². The van der Waals surface area contributed by atoms with E-state index in [2.05, 4.69) is 12.2 Å². The molecule has 28 heavy (non-hydrogen) atoms. The zero-order valence-corrected chi connectivity index (χ0v) is 17.6. The van der Waals surface area contributed by atoms with Gasteiger partial charge < -0.3 is 11.1 Å². The second-order valence-corrected chi connectivity index (χ2v) is 8.66. The number of sulfonamides is 1. The summed E-state index contributed by atoms with van der Waals surface area (Å²) in [5, 5.41) is 3.27. The molecule has 1 amide bonds. The van der Waals surface area contributed by atoms with E-state index in [1.54, 1.807) is 13.0 Å². The molecule has 0 saturated carbocycles. The maximum atomic E-state index is 13.3. The smallest absolute Gasteiger partial charge is 0.249 e. The Morgan fingerprint density at radius 3 is 2.50 bits per heavy atom. The SMILES string of the molecule is CCc1ccc(C2CNCCN2S(=O)(=O)c2ccc(C)c(C(N)=O)c2)cc1.Cl. The van der Waals surface area contributed by atoms with Crippen LogP contribution < -0.4 is 11.1 Å². The normalized spacial score (nSPS) is 17.7. The standard InChI is InChI=1S/C20H25N3O3S.ClH/c1-3-15-5-7-16(8-6-15)19-13-22-10-11-23(19)27(25,26)17-9-4-14(2)18(12-17)20(21)24;/h4-9,12,19,22H,3,10-11,13H2,1-2H3,(H2,21,24);1H. The van der Waals surface area contributed by atoms with E-state index in [0.29, 0.717) is 25.2 Å². The Kier molecular flexibility index (Phi) is 7.22. The zero-order chi connectivity index (χ0) is 19.6. The van der Waals surface area contributed by atoms with Crippen molar-refractivity contribution in [2.24, 2.45) is 5.73 Å². The van der Waals surface area contributed by atoms with Crippen molar-refractivity contribution in [1.82, 2.24) is 9.62 Å². The number of nitrogens with two attached hydrogens (primary N) is 1.